The van der Waals surface area contributed by atoms with Crippen molar-refractivity contribution in [2.75, 3.05) is 17.2 Å². The number of hydrogen-bond acceptors (Lipinski definition) is 2. The van der Waals surface area contributed by atoms with E-state index in [9.17, 15) is 0 Å². The number of nitrogens with one attached hydrogen (secondary N) is 2. The molecule has 3 heteroatoms. The van der Waals surface area contributed by atoms with Gasteiger partial charge in [0.25, 0.3) is 0 Å². The second kappa shape index (κ2) is 3.66. The molecule has 0 aromatic heterocycles. The molecule has 1 heterocycles. The average molecular weight is 283 g/mol. The highest BCUT2D eigenvalue weighted by Crippen LogP contribution is 2.40. The van der Waals surface area contributed by atoms with Gasteiger partial charge in [-0.15, -0.1) is 0 Å². The molecule has 1 aliphatic rings. The van der Waals surface area contributed by atoms with Crippen LogP contribution in [-0.2, 0) is 0 Å². The van der Waals surface area contributed by atoms with Crippen LogP contribution in [0.1, 0.15) is 27.7 Å². The summed E-state index contributed by atoms with van der Waals surface area (Å²) in [5.41, 5.74) is 2.62. The smallest absolute Gasteiger partial charge is 0.0587 e. The van der Waals surface area contributed by atoms with Crippen LogP contribution in [0.5, 0.6) is 0 Å². The van der Waals surface area contributed by atoms with Gasteiger partial charge in [-0.1, -0.05) is 29.8 Å². The third-order valence-electron chi connectivity index (χ3n) is 3.84. The molecular weight excluding hydrogens is 264 g/mol. The molecular formula is C13H19BrN2. The van der Waals surface area contributed by atoms with Crippen LogP contribution >= 0.6 is 15.9 Å². The summed E-state index contributed by atoms with van der Waals surface area (Å²) in [7, 11) is 0. The molecule has 0 saturated heterocycles. The van der Waals surface area contributed by atoms with Crippen molar-refractivity contribution < 1.29 is 0 Å². The zero-order valence-corrected chi connectivity index (χ0v) is 11.9. The van der Waals surface area contributed by atoms with Crippen molar-refractivity contribution in [1.82, 2.24) is 0 Å². The van der Waals surface area contributed by atoms with Crippen LogP contribution in [0.2, 0.25) is 0 Å². The summed E-state index contributed by atoms with van der Waals surface area (Å²) in [5, 5.41) is 7.15. The molecule has 1 aromatic rings. The number of benzene rings is 1. The number of hydrogen-bond donors (Lipinski definition) is 2. The Kier molecular flexibility index (Phi) is 2.69. The van der Waals surface area contributed by atoms with Gasteiger partial charge in [0, 0.05) is 22.0 Å². The minimum atomic E-state index is 0.0685. The highest BCUT2D eigenvalue weighted by Gasteiger charge is 2.39. The minimum Gasteiger partial charge on any atom is -0.383 e. The van der Waals surface area contributed by atoms with E-state index in [1.54, 1.807) is 0 Å². The van der Waals surface area contributed by atoms with E-state index in [0.717, 1.165) is 11.0 Å². The summed E-state index contributed by atoms with van der Waals surface area (Å²) in [6, 6.07) is 6.32. The topological polar surface area (TPSA) is 24.1 Å². The van der Waals surface area contributed by atoms with Gasteiger partial charge in [0.2, 0.25) is 0 Å². The first kappa shape index (κ1) is 11.8. The zero-order valence-electron chi connectivity index (χ0n) is 10.3. The van der Waals surface area contributed by atoms with Crippen molar-refractivity contribution >= 4 is 27.3 Å². The maximum atomic E-state index is 3.63. The normalized spacial score (nSPS) is 21.3. The monoisotopic (exact) mass is 282 g/mol. The van der Waals surface area contributed by atoms with Crippen molar-refractivity contribution in [2.24, 2.45) is 5.41 Å². The van der Waals surface area contributed by atoms with Gasteiger partial charge in [-0.05, 0) is 32.0 Å². The van der Waals surface area contributed by atoms with E-state index in [1.807, 2.05) is 0 Å². The van der Waals surface area contributed by atoms with Crippen LogP contribution in [0.15, 0.2) is 22.7 Å². The van der Waals surface area contributed by atoms with Gasteiger partial charge < -0.3 is 10.6 Å². The first-order chi connectivity index (χ1) is 7.32. The molecule has 2 rings (SSSR count). The van der Waals surface area contributed by atoms with Gasteiger partial charge in [-0.25, -0.2) is 0 Å². The summed E-state index contributed by atoms with van der Waals surface area (Å²) in [6.07, 6.45) is 0. The van der Waals surface area contributed by atoms with E-state index in [4.69, 9.17) is 0 Å². The quantitative estimate of drug-likeness (QED) is 0.749. The molecule has 0 aliphatic carbocycles. The van der Waals surface area contributed by atoms with Gasteiger partial charge in [-0.2, -0.15) is 0 Å². The van der Waals surface area contributed by atoms with Crippen molar-refractivity contribution in [1.29, 1.82) is 0 Å². The lowest BCUT2D eigenvalue weighted by atomic mass is 9.74. The fourth-order valence-corrected chi connectivity index (χ4v) is 2.18. The molecule has 2 N–H and O–H groups in total. The first-order valence-electron chi connectivity index (χ1n) is 5.63. The third kappa shape index (κ3) is 1.93. The molecule has 0 unspecified atom stereocenters. The Balaban J connectivity index is 2.43. The van der Waals surface area contributed by atoms with Crippen molar-refractivity contribution in [3.05, 3.63) is 22.7 Å². The van der Waals surface area contributed by atoms with Crippen LogP contribution in [0.3, 0.4) is 0 Å². The molecule has 0 fully saturated rings. The van der Waals surface area contributed by atoms with Crippen molar-refractivity contribution in [3.63, 3.8) is 0 Å². The maximum absolute atomic E-state index is 3.63. The number of rotatable bonds is 0. The molecule has 88 valence electrons. The van der Waals surface area contributed by atoms with Crippen LogP contribution in [0, 0.1) is 5.41 Å². The summed E-state index contributed by atoms with van der Waals surface area (Å²) < 4.78 is 1.11. The molecule has 1 aromatic carbocycles. The Morgan fingerprint density at radius 1 is 1.12 bits per heavy atom. The van der Waals surface area contributed by atoms with E-state index < -0.39 is 0 Å². The fraction of sp³-hybridized carbons (Fsp3) is 0.538. The lowest BCUT2D eigenvalue weighted by molar-refractivity contribution is 0.245. The first-order valence-corrected chi connectivity index (χ1v) is 6.43. The van der Waals surface area contributed by atoms with E-state index in [2.05, 4.69) is 72.5 Å². The Hall–Kier alpha value is -0.700. The average Bonchev–Trinajstić information content (AvgIpc) is 2.25. The molecule has 1 aliphatic heterocycles. The Labute approximate surface area is 106 Å². The molecule has 0 saturated carbocycles. The van der Waals surface area contributed by atoms with Crippen LogP contribution in [0.4, 0.5) is 11.4 Å². The molecule has 0 atom stereocenters. The van der Waals surface area contributed by atoms with Gasteiger partial charge >= 0.3 is 0 Å². The molecule has 0 bridgehead atoms. The van der Waals surface area contributed by atoms with E-state index >= 15 is 0 Å². The van der Waals surface area contributed by atoms with Gasteiger partial charge in [-0.3, -0.25) is 0 Å². The molecule has 0 spiro atoms. The second-order valence-corrected chi connectivity index (χ2v) is 6.59. The largest absolute Gasteiger partial charge is 0.383 e. The van der Waals surface area contributed by atoms with Crippen LogP contribution in [-0.4, -0.2) is 12.1 Å². The summed E-state index contributed by atoms with van der Waals surface area (Å²) in [6.45, 7) is 10.1. The van der Waals surface area contributed by atoms with E-state index in [0.29, 0.717) is 0 Å². The predicted octanol–water partition coefficient (Wildman–Crippen LogP) is 4.09. The van der Waals surface area contributed by atoms with Gasteiger partial charge in [0.15, 0.2) is 0 Å². The lowest BCUT2D eigenvalue weighted by Gasteiger charge is -2.41. The minimum absolute atomic E-state index is 0.0685. The number of anilines is 2. The zero-order chi connectivity index (χ0) is 12.0. The lowest BCUT2D eigenvalue weighted by Crippen LogP contribution is -2.47. The molecule has 16 heavy (non-hydrogen) atoms. The van der Waals surface area contributed by atoms with E-state index in [1.165, 1.54) is 11.4 Å². The summed E-state index contributed by atoms with van der Waals surface area (Å²) in [4.78, 5) is 0. The third-order valence-corrected chi connectivity index (χ3v) is 4.33. The van der Waals surface area contributed by atoms with Crippen LogP contribution in [0.25, 0.3) is 0 Å². The second-order valence-electron chi connectivity index (χ2n) is 5.68. The highest BCUT2D eigenvalue weighted by atomic mass is 79.9. The molecule has 0 radical (unpaired) electrons. The Morgan fingerprint density at radius 2 is 1.81 bits per heavy atom. The van der Waals surface area contributed by atoms with Crippen molar-refractivity contribution in [3.8, 4) is 0 Å². The fourth-order valence-electron chi connectivity index (χ4n) is 1.81. The SMILES string of the molecule is CC1(C)CNc2cc(Br)ccc2NC1(C)C. The van der Waals surface area contributed by atoms with Gasteiger partial charge in [0.1, 0.15) is 0 Å². The van der Waals surface area contributed by atoms with Gasteiger partial charge in [0.05, 0.1) is 11.4 Å². The number of halogens is 1. The Bertz CT molecular complexity index is 410. The standard InChI is InChI=1S/C13H19BrN2/c1-12(2)8-15-11-7-9(14)5-6-10(11)16-13(12,3)4/h5-7,15-16H,8H2,1-4H3. The number of fused-ring (bicyclic) bond motifs is 1. The van der Waals surface area contributed by atoms with E-state index in [-0.39, 0.29) is 11.0 Å². The highest BCUT2D eigenvalue weighted by molar-refractivity contribution is 9.10. The van der Waals surface area contributed by atoms with Crippen LogP contribution < -0.4 is 10.6 Å². The Morgan fingerprint density at radius 3 is 2.50 bits per heavy atom. The molecule has 2 nitrogen and oxygen atoms in total. The predicted molar refractivity (Wildman–Crippen MR) is 74.1 cm³/mol. The van der Waals surface area contributed by atoms with Crippen molar-refractivity contribution in [2.45, 2.75) is 33.2 Å². The molecule has 0 amide bonds. The summed E-state index contributed by atoms with van der Waals surface area (Å²) >= 11 is 3.51. The maximum Gasteiger partial charge on any atom is 0.0587 e. The summed E-state index contributed by atoms with van der Waals surface area (Å²) in [5.74, 6) is 0.